The van der Waals surface area contributed by atoms with Crippen LogP contribution in [-0.2, 0) is 4.79 Å². The highest BCUT2D eigenvalue weighted by molar-refractivity contribution is 5.79. The molecular formula is C6H12F2N2O2. The SMILES string of the molecule is CC(F)(F)CC(N)C(O)C(N)=O. The molecule has 72 valence electrons. The summed E-state index contributed by atoms with van der Waals surface area (Å²) in [4.78, 5) is 10.3. The van der Waals surface area contributed by atoms with Crippen LogP contribution in [0.5, 0.6) is 0 Å². The van der Waals surface area contributed by atoms with E-state index >= 15 is 0 Å². The number of nitrogens with two attached hydrogens (primary N) is 2. The van der Waals surface area contributed by atoms with Gasteiger partial charge in [-0.15, -0.1) is 0 Å². The number of amides is 1. The molecule has 0 heterocycles. The van der Waals surface area contributed by atoms with Gasteiger partial charge in [-0.05, 0) is 6.92 Å². The van der Waals surface area contributed by atoms with Gasteiger partial charge < -0.3 is 16.6 Å². The van der Waals surface area contributed by atoms with Crippen molar-refractivity contribution in [2.75, 3.05) is 0 Å². The van der Waals surface area contributed by atoms with Crippen molar-refractivity contribution >= 4 is 5.91 Å². The number of rotatable bonds is 4. The summed E-state index contributed by atoms with van der Waals surface area (Å²) in [5.41, 5.74) is 9.72. The summed E-state index contributed by atoms with van der Waals surface area (Å²) in [6.45, 7) is 0.653. The number of hydrogen-bond acceptors (Lipinski definition) is 3. The number of aliphatic hydroxyl groups is 1. The number of halogens is 2. The van der Waals surface area contributed by atoms with Crippen molar-refractivity contribution in [2.45, 2.75) is 31.4 Å². The Labute approximate surface area is 68.5 Å². The maximum Gasteiger partial charge on any atom is 0.247 e. The smallest absolute Gasteiger partial charge is 0.247 e. The Hall–Kier alpha value is -0.750. The van der Waals surface area contributed by atoms with Crippen LogP contribution in [0.4, 0.5) is 8.78 Å². The second kappa shape index (κ2) is 3.77. The lowest BCUT2D eigenvalue weighted by Gasteiger charge is -2.19. The van der Waals surface area contributed by atoms with Crippen LogP contribution < -0.4 is 11.5 Å². The summed E-state index contributed by atoms with van der Waals surface area (Å²) >= 11 is 0. The Balaban J connectivity index is 4.04. The van der Waals surface area contributed by atoms with Crippen molar-refractivity contribution < 1.29 is 18.7 Å². The summed E-state index contributed by atoms with van der Waals surface area (Å²) in [6.07, 6.45) is -2.48. The molecule has 2 unspecified atom stereocenters. The van der Waals surface area contributed by atoms with Crippen molar-refractivity contribution in [3.05, 3.63) is 0 Å². The summed E-state index contributed by atoms with van der Waals surface area (Å²) in [5.74, 6) is -4.10. The highest BCUT2D eigenvalue weighted by Gasteiger charge is 2.30. The Kier molecular flexibility index (Phi) is 3.54. The minimum Gasteiger partial charge on any atom is -0.382 e. The normalized spacial score (nSPS) is 17.1. The first kappa shape index (κ1) is 11.2. The topological polar surface area (TPSA) is 89.3 Å². The molecule has 0 aromatic rings. The first-order valence-electron chi connectivity index (χ1n) is 3.35. The zero-order chi connectivity index (χ0) is 9.94. The molecule has 5 N–H and O–H groups in total. The molecule has 0 aliphatic heterocycles. The van der Waals surface area contributed by atoms with Gasteiger partial charge in [0.2, 0.25) is 11.8 Å². The van der Waals surface area contributed by atoms with Gasteiger partial charge in [-0.3, -0.25) is 4.79 Å². The molecule has 0 aromatic carbocycles. The van der Waals surface area contributed by atoms with Crippen molar-refractivity contribution in [1.29, 1.82) is 0 Å². The van der Waals surface area contributed by atoms with Crippen LogP contribution in [0.1, 0.15) is 13.3 Å². The van der Waals surface area contributed by atoms with E-state index in [4.69, 9.17) is 10.8 Å². The fraction of sp³-hybridized carbons (Fsp3) is 0.833. The van der Waals surface area contributed by atoms with Gasteiger partial charge in [-0.2, -0.15) is 0 Å². The molecule has 0 aliphatic carbocycles. The van der Waals surface area contributed by atoms with Crippen LogP contribution in [0.15, 0.2) is 0 Å². The summed E-state index contributed by atoms with van der Waals surface area (Å²) in [5, 5.41) is 8.83. The predicted octanol–water partition coefficient (Wildman–Crippen LogP) is -0.795. The number of aliphatic hydroxyl groups excluding tert-OH is 1. The number of alkyl halides is 2. The van der Waals surface area contributed by atoms with Crippen molar-refractivity contribution in [2.24, 2.45) is 11.5 Å². The van der Waals surface area contributed by atoms with E-state index in [1.165, 1.54) is 0 Å². The Bertz CT molecular complexity index is 169. The van der Waals surface area contributed by atoms with Gasteiger partial charge in [0.1, 0.15) is 6.10 Å². The van der Waals surface area contributed by atoms with Crippen LogP contribution >= 0.6 is 0 Å². The van der Waals surface area contributed by atoms with Gasteiger partial charge in [-0.25, -0.2) is 8.78 Å². The molecule has 0 spiro atoms. The Morgan fingerprint density at radius 3 is 2.33 bits per heavy atom. The maximum absolute atomic E-state index is 12.3. The molecule has 0 bridgehead atoms. The molecule has 0 saturated heterocycles. The number of carbonyl (C=O) groups is 1. The van der Waals surface area contributed by atoms with Crippen LogP contribution in [-0.4, -0.2) is 29.1 Å². The highest BCUT2D eigenvalue weighted by atomic mass is 19.3. The van der Waals surface area contributed by atoms with E-state index in [-0.39, 0.29) is 0 Å². The Morgan fingerprint density at radius 1 is 1.67 bits per heavy atom. The van der Waals surface area contributed by atoms with E-state index in [0.29, 0.717) is 6.92 Å². The van der Waals surface area contributed by atoms with E-state index in [9.17, 15) is 13.6 Å². The number of hydrogen-bond donors (Lipinski definition) is 3. The minimum atomic E-state index is -3.00. The van der Waals surface area contributed by atoms with Crippen LogP contribution in [0.3, 0.4) is 0 Å². The molecule has 0 saturated carbocycles. The van der Waals surface area contributed by atoms with E-state index in [1.54, 1.807) is 0 Å². The van der Waals surface area contributed by atoms with Crippen LogP contribution in [0.25, 0.3) is 0 Å². The van der Waals surface area contributed by atoms with Gasteiger partial charge in [0.05, 0.1) is 0 Å². The predicted molar refractivity (Wildman–Crippen MR) is 38.4 cm³/mol. The number of carbonyl (C=O) groups excluding carboxylic acids is 1. The lowest BCUT2D eigenvalue weighted by atomic mass is 10.0. The third kappa shape index (κ3) is 4.20. The Morgan fingerprint density at radius 2 is 2.08 bits per heavy atom. The largest absolute Gasteiger partial charge is 0.382 e. The van der Waals surface area contributed by atoms with Gasteiger partial charge in [0.15, 0.2) is 0 Å². The molecular weight excluding hydrogens is 170 g/mol. The van der Waals surface area contributed by atoms with Gasteiger partial charge >= 0.3 is 0 Å². The quantitative estimate of drug-likeness (QED) is 0.532. The molecule has 12 heavy (non-hydrogen) atoms. The maximum atomic E-state index is 12.3. The lowest BCUT2D eigenvalue weighted by molar-refractivity contribution is -0.128. The third-order valence-corrected chi connectivity index (χ3v) is 1.29. The molecule has 0 radical (unpaired) electrons. The van der Waals surface area contributed by atoms with E-state index in [2.05, 4.69) is 5.73 Å². The molecule has 0 aromatic heterocycles. The van der Waals surface area contributed by atoms with Crippen LogP contribution in [0.2, 0.25) is 0 Å². The fourth-order valence-corrected chi connectivity index (χ4v) is 0.736. The average Bonchev–Trinajstić information content (AvgIpc) is 1.82. The number of primary amides is 1. The highest BCUT2D eigenvalue weighted by Crippen LogP contribution is 2.19. The second-order valence-electron chi connectivity index (χ2n) is 2.79. The zero-order valence-electron chi connectivity index (χ0n) is 6.63. The minimum absolute atomic E-state index is 0.653. The summed E-state index contributed by atoms with van der Waals surface area (Å²) in [6, 6.07) is -1.32. The standard InChI is InChI=1S/C6H12F2N2O2/c1-6(7,8)2-3(9)4(11)5(10)12/h3-4,11H,2,9H2,1H3,(H2,10,12). The monoisotopic (exact) mass is 182 g/mol. The van der Waals surface area contributed by atoms with E-state index in [1.807, 2.05) is 0 Å². The molecule has 1 amide bonds. The van der Waals surface area contributed by atoms with Crippen molar-refractivity contribution in [3.63, 3.8) is 0 Å². The summed E-state index contributed by atoms with van der Waals surface area (Å²) < 4.78 is 24.5. The van der Waals surface area contributed by atoms with Gasteiger partial charge in [-0.1, -0.05) is 0 Å². The molecule has 0 rings (SSSR count). The third-order valence-electron chi connectivity index (χ3n) is 1.29. The van der Waals surface area contributed by atoms with Crippen molar-refractivity contribution in [1.82, 2.24) is 0 Å². The van der Waals surface area contributed by atoms with Crippen LogP contribution in [0, 0.1) is 0 Å². The first-order valence-corrected chi connectivity index (χ1v) is 3.35. The fourth-order valence-electron chi connectivity index (χ4n) is 0.736. The first-order chi connectivity index (χ1) is 5.24. The molecule has 6 heteroatoms. The van der Waals surface area contributed by atoms with E-state index < -0.39 is 30.4 Å². The molecule has 0 fully saturated rings. The zero-order valence-corrected chi connectivity index (χ0v) is 6.63. The van der Waals surface area contributed by atoms with Gasteiger partial charge in [0.25, 0.3) is 0 Å². The van der Waals surface area contributed by atoms with Crippen molar-refractivity contribution in [3.8, 4) is 0 Å². The molecule has 0 aliphatic rings. The van der Waals surface area contributed by atoms with E-state index in [0.717, 1.165) is 0 Å². The summed E-state index contributed by atoms with van der Waals surface area (Å²) in [7, 11) is 0. The average molecular weight is 182 g/mol. The second-order valence-corrected chi connectivity index (χ2v) is 2.79. The van der Waals surface area contributed by atoms with Gasteiger partial charge in [0, 0.05) is 12.5 Å². The lowest BCUT2D eigenvalue weighted by Crippen LogP contribution is -2.46. The molecule has 4 nitrogen and oxygen atoms in total. The molecule has 2 atom stereocenters.